The number of benzene rings is 1. The molecule has 2 heterocycles. The number of carboxylic acid groups (broad SMARTS) is 1. The van der Waals surface area contributed by atoms with E-state index in [9.17, 15) is 18.0 Å². The van der Waals surface area contributed by atoms with Gasteiger partial charge >= 0.3 is 18.2 Å². The third-order valence-corrected chi connectivity index (χ3v) is 4.82. The van der Waals surface area contributed by atoms with Crippen LogP contribution >= 0.6 is 11.5 Å². The van der Waals surface area contributed by atoms with Crippen molar-refractivity contribution in [2.24, 2.45) is 0 Å². The molecule has 31 heavy (non-hydrogen) atoms. The molecule has 170 valence electrons. The molecule has 1 fully saturated rings. The van der Waals surface area contributed by atoms with E-state index in [-0.39, 0.29) is 11.6 Å². The van der Waals surface area contributed by atoms with Crippen molar-refractivity contribution in [1.29, 1.82) is 0 Å². The Labute approximate surface area is 181 Å². The van der Waals surface area contributed by atoms with Gasteiger partial charge in [-0.1, -0.05) is 30.3 Å². The number of likely N-dealkylation sites (tertiary alicyclic amines) is 1. The molecule has 1 aliphatic rings. The highest BCUT2D eigenvalue weighted by Crippen LogP contribution is 2.21. The van der Waals surface area contributed by atoms with Gasteiger partial charge in [0, 0.05) is 29.2 Å². The minimum Gasteiger partial charge on any atom is -0.475 e. The van der Waals surface area contributed by atoms with Gasteiger partial charge in [0.15, 0.2) is 5.82 Å². The summed E-state index contributed by atoms with van der Waals surface area (Å²) >= 11 is 1.19. The van der Waals surface area contributed by atoms with E-state index in [1.165, 1.54) is 24.4 Å². The number of nitrogens with one attached hydrogen (secondary N) is 2. The lowest BCUT2D eigenvalue weighted by atomic mass is 10.1. The molecule has 2 aromatic rings. The Morgan fingerprint density at radius 2 is 1.74 bits per heavy atom. The van der Waals surface area contributed by atoms with Crippen molar-refractivity contribution in [2.45, 2.75) is 38.4 Å². The van der Waals surface area contributed by atoms with Gasteiger partial charge in [-0.3, -0.25) is 5.32 Å². The summed E-state index contributed by atoms with van der Waals surface area (Å²) in [5.41, 5.74) is 0.651. The second kappa shape index (κ2) is 10.5. The third-order valence-electron chi connectivity index (χ3n) is 4.19. The van der Waals surface area contributed by atoms with E-state index in [0.29, 0.717) is 11.0 Å². The van der Waals surface area contributed by atoms with E-state index in [1.807, 2.05) is 44.2 Å². The molecule has 0 radical (unpaired) electrons. The SMILES string of the molecule is CC(C)(CN1CCCC1)NC(=O)Nc1nc(-c2ccccc2)ns1.O=C(O)C(F)(F)F. The molecule has 0 spiro atoms. The first-order valence-corrected chi connectivity index (χ1v) is 10.2. The Morgan fingerprint density at radius 3 is 2.29 bits per heavy atom. The van der Waals surface area contributed by atoms with Crippen LogP contribution in [0.15, 0.2) is 30.3 Å². The molecule has 1 aromatic heterocycles. The molecule has 8 nitrogen and oxygen atoms in total. The van der Waals surface area contributed by atoms with Crippen molar-refractivity contribution in [3.63, 3.8) is 0 Å². The molecule has 1 aromatic carbocycles. The summed E-state index contributed by atoms with van der Waals surface area (Å²) in [6.45, 7) is 7.17. The standard InChI is InChI=1S/C17H23N5OS.C2HF3O2/c1-17(2,12-22-10-6-7-11-22)20-15(23)19-16-18-14(21-24-16)13-8-4-3-5-9-13;3-2(4,5)1(6)7/h3-5,8-9H,6-7,10-12H2,1-2H3,(H2,18,19,20,21,23);(H,6,7). The lowest BCUT2D eigenvalue weighted by Gasteiger charge is -2.30. The average Bonchev–Trinajstić information content (AvgIpc) is 3.33. The number of halogens is 3. The molecule has 1 aliphatic heterocycles. The number of aromatic nitrogens is 2. The number of rotatable bonds is 5. The van der Waals surface area contributed by atoms with Crippen LogP contribution in [0.4, 0.5) is 23.1 Å². The molecule has 0 bridgehead atoms. The highest BCUT2D eigenvalue weighted by Gasteiger charge is 2.38. The Bertz CT molecular complexity index is 868. The topological polar surface area (TPSA) is 107 Å². The van der Waals surface area contributed by atoms with Crippen molar-refractivity contribution in [3.05, 3.63) is 30.3 Å². The summed E-state index contributed by atoms with van der Waals surface area (Å²) in [6, 6.07) is 9.49. The molecule has 2 amide bonds. The zero-order chi connectivity index (χ0) is 23.1. The number of urea groups is 1. The molecule has 3 N–H and O–H groups in total. The molecular weight excluding hydrogens is 435 g/mol. The Balaban J connectivity index is 0.000000423. The number of hydrogen-bond acceptors (Lipinski definition) is 6. The third kappa shape index (κ3) is 8.50. The molecule has 3 rings (SSSR count). The van der Waals surface area contributed by atoms with Crippen LogP contribution < -0.4 is 10.6 Å². The minimum absolute atomic E-state index is 0.241. The van der Waals surface area contributed by atoms with Gasteiger partial charge in [0.2, 0.25) is 5.13 Å². The lowest BCUT2D eigenvalue weighted by Crippen LogP contribution is -2.52. The number of anilines is 1. The van der Waals surface area contributed by atoms with Gasteiger partial charge in [0.25, 0.3) is 0 Å². The summed E-state index contributed by atoms with van der Waals surface area (Å²) in [6.07, 6.45) is -2.59. The maximum absolute atomic E-state index is 12.2. The van der Waals surface area contributed by atoms with E-state index < -0.39 is 12.1 Å². The largest absolute Gasteiger partial charge is 0.490 e. The maximum Gasteiger partial charge on any atom is 0.490 e. The van der Waals surface area contributed by atoms with Gasteiger partial charge in [-0.2, -0.15) is 22.5 Å². The van der Waals surface area contributed by atoms with E-state index in [2.05, 4.69) is 24.9 Å². The highest BCUT2D eigenvalue weighted by molar-refractivity contribution is 7.10. The first-order chi connectivity index (χ1) is 14.5. The molecule has 0 atom stereocenters. The van der Waals surface area contributed by atoms with Gasteiger partial charge in [0.1, 0.15) is 0 Å². The van der Waals surface area contributed by atoms with Crippen LogP contribution in [0.5, 0.6) is 0 Å². The van der Waals surface area contributed by atoms with Crippen molar-refractivity contribution >= 4 is 28.7 Å². The monoisotopic (exact) mass is 459 g/mol. The van der Waals surface area contributed by atoms with Gasteiger partial charge in [0.05, 0.1) is 0 Å². The lowest BCUT2D eigenvalue weighted by molar-refractivity contribution is -0.192. The maximum atomic E-state index is 12.2. The van der Waals surface area contributed by atoms with Crippen LogP contribution in [0, 0.1) is 0 Å². The smallest absolute Gasteiger partial charge is 0.475 e. The second-order valence-electron chi connectivity index (χ2n) is 7.54. The van der Waals surface area contributed by atoms with Gasteiger partial charge < -0.3 is 15.3 Å². The summed E-state index contributed by atoms with van der Waals surface area (Å²) in [5.74, 6) is -2.13. The van der Waals surface area contributed by atoms with E-state index in [0.717, 1.165) is 25.2 Å². The van der Waals surface area contributed by atoms with E-state index in [1.54, 1.807) is 0 Å². The molecule has 0 saturated carbocycles. The van der Waals surface area contributed by atoms with Crippen LogP contribution in [0.2, 0.25) is 0 Å². The Morgan fingerprint density at radius 1 is 1.16 bits per heavy atom. The normalized spacial score (nSPS) is 14.5. The quantitative estimate of drug-likeness (QED) is 0.627. The predicted octanol–water partition coefficient (Wildman–Crippen LogP) is 3.83. The van der Waals surface area contributed by atoms with Crippen LogP contribution in [0.3, 0.4) is 0 Å². The first-order valence-electron chi connectivity index (χ1n) is 9.47. The number of carbonyl (C=O) groups is 2. The number of amides is 2. The van der Waals surface area contributed by atoms with Crippen molar-refractivity contribution in [1.82, 2.24) is 19.6 Å². The zero-order valence-corrected chi connectivity index (χ0v) is 17.9. The van der Waals surface area contributed by atoms with Gasteiger partial charge in [-0.05, 0) is 39.8 Å². The zero-order valence-electron chi connectivity index (χ0n) is 17.1. The average molecular weight is 459 g/mol. The van der Waals surface area contributed by atoms with Crippen LogP contribution in [-0.2, 0) is 4.79 Å². The first kappa shape index (κ1) is 24.5. The van der Waals surface area contributed by atoms with Crippen LogP contribution in [0.25, 0.3) is 11.4 Å². The van der Waals surface area contributed by atoms with E-state index in [4.69, 9.17) is 9.90 Å². The fourth-order valence-electron chi connectivity index (χ4n) is 2.95. The number of carbonyl (C=O) groups excluding carboxylic acids is 1. The summed E-state index contributed by atoms with van der Waals surface area (Å²) in [5, 5.41) is 13.4. The molecular formula is C19H24F3N5O3S. The van der Waals surface area contributed by atoms with Crippen molar-refractivity contribution in [2.75, 3.05) is 25.0 Å². The van der Waals surface area contributed by atoms with Crippen molar-refractivity contribution < 1.29 is 27.9 Å². The molecule has 0 unspecified atom stereocenters. The molecule has 12 heteroatoms. The van der Waals surface area contributed by atoms with Gasteiger partial charge in [-0.15, -0.1) is 0 Å². The minimum atomic E-state index is -5.08. The fraction of sp³-hybridized carbons (Fsp3) is 0.474. The second-order valence-corrected chi connectivity index (χ2v) is 8.29. The van der Waals surface area contributed by atoms with E-state index >= 15 is 0 Å². The summed E-state index contributed by atoms with van der Waals surface area (Å²) in [4.78, 5) is 27.9. The van der Waals surface area contributed by atoms with Crippen LogP contribution in [0.1, 0.15) is 26.7 Å². The van der Waals surface area contributed by atoms with Gasteiger partial charge in [-0.25, -0.2) is 9.59 Å². The highest BCUT2D eigenvalue weighted by atomic mass is 32.1. The predicted molar refractivity (Wildman–Crippen MR) is 111 cm³/mol. The van der Waals surface area contributed by atoms with Crippen LogP contribution in [-0.4, -0.2) is 62.7 Å². The Kier molecular flexibility index (Phi) is 8.34. The fourth-order valence-corrected chi connectivity index (χ4v) is 3.54. The molecule has 1 saturated heterocycles. The Hall–Kier alpha value is -2.73. The number of carboxylic acids is 1. The van der Waals surface area contributed by atoms with Crippen molar-refractivity contribution in [3.8, 4) is 11.4 Å². The number of nitrogens with zero attached hydrogens (tertiary/aromatic N) is 3. The molecule has 0 aliphatic carbocycles. The summed E-state index contributed by atoms with van der Waals surface area (Å²) < 4.78 is 36.0. The number of aliphatic carboxylic acids is 1. The number of alkyl halides is 3. The summed E-state index contributed by atoms with van der Waals surface area (Å²) in [7, 11) is 0. The number of hydrogen-bond donors (Lipinski definition) is 3.